The van der Waals surface area contributed by atoms with E-state index in [4.69, 9.17) is 18.9 Å². The Bertz CT molecular complexity index is 1390. The number of unbranched alkanes of at least 4 members (excludes halogenated alkanes) is 43. The predicted molar refractivity (Wildman–Crippen MR) is 337 cm³/mol. The summed E-state index contributed by atoms with van der Waals surface area (Å²) in [4.78, 5) is 37.4. The fraction of sp³-hybridized carbons (Fsp3) is 0.871. The summed E-state index contributed by atoms with van der Waals surface area (Å²) in [7, 11) is 5.96. The minimum absolute atomic E-state index is 0.183. The number of esters is 2. The van der Waals surface area contributed by atoms with Gasteiger partial charge in [0.2, 0.25) is 0 Å². The second kappa shape index (κ2) is 61.6. The Balaban J connectivity index is 3.84. The van der Waals surface area contributed by atoms with E-state index < -0.39 is 24.3 Å². The van der Waals surface area contributed by atoms with Gasteiger partial charge in [0.05, 0.1) is 34.4 Å². The summed E-state index contributed by atoms with van der Waals surface area (Å²) in [5, 5.41) is 9.69. The van der Waals surface area contributed by atoms with Crippen molar-refractivity contribution in [2.45, 2.75) is 347 Å². The average molecular weight is 1120 g/mol. The van der Waals surface area contributed by atoms with Gasteiger partial charge < -0.3 is 28.5 Å². The normalized spacial score (nSPS) is 12.9. The van der Waals surface area contributed by atoms with Gasteiger partial charge >= 0.3 is 17.9 Å². The molecule has 0 saturated heterocycles. The Morgan fingerprint density at radius 1 is 0.392 bits per heavy atom. The lowest BCUT2D eigenvalue weighted by Crippen LogP contribution is -2.40. The van der Waals surface area contributed by atoms with Gasteiger partial charge in [-0.1, -0.05) is 314 Å². The second-order valence-corrected chi connectivity index (χ2v) is 24.5. The molecule has 0 rings (SSSR count). The molecule has 0 heterocycles. The maximum Gasteiger partial charge on any atom is 0.361 e. The topological polar surface area (TPSA) is 108 Å². The zero-order valence-corrected chi connectivity index (χ0v) is 53.1. The van der Waals surface area contributed by atoms with Gasteiger partial charge in [-0.3, -0.25) is 9.59 Å². The molecule has 0 spiro atoms. The molecule has 0 radical (unpaired) electrons. The highest BCUT2D eigenvalue weighted by Gasteiger charge is 2.25. The first-order chi connectivity index (χ1) is 38.6. The van der Waals surface area contributed by atoms with Crippen molar-refractivity contribution in [3.63, 3.8) is 0 Å². The van der Waals surface area contributed by atoms with Crippen LogP contribution in [0.4, 0.5) is 0 Å². The van der Waals surface area contributed by atoms with Gasteiger partial charge in [-0.25, -0.2) is 4.79 Å². The largest absolute Gasteiger partial charge is 0.477 e. The summed E-state index contributed by atoms with van der Waals surface area (Å²) >= 11 is 0. The number of carboxylic acids is 1. The number of carbonyl (C=O) groups excluding carboxylic acids is 2. The maximum absolute atomic E-state index is 12.8. The van der Waals surface area contributed by atoms with E-state index in [2.05, 4.69) is 50.3 Å². The number of aliphatic carboxylic acids is 1. The molecule has 1 N–H and O–H groups in total. The van der Waals surface area contributed by atoms with Gasteiger partial charge in [-0.2, -0.15) is 0 Å². The first-order valence-corrected chi connectivity index (χ1v) is 34.2. The lowest BCUT2D eigenvalue weighted by molar-refractivity contribution is -0.870. The van der Waals surface area contributed by atoms with E-state index in [1.165, 1.54) is 244 Å². The van der Waals surface area contributed by atoms with E-state index in [0.717, 1.165) is 57.8 Å². The summed E-state index contributed by atoms with van der Waals surface area (Å²) in [6.07, 6.45) is 74.6. The number of likely N-dealkylation sites (N-methyl/N-ethyl adjacent to an activating group) is 1. The molecule has 79 heavy (non-hydrogen) atoms. The lowest BCUT2D eigenvalue weighted by atomic mass is 10.0. The van der Waals surface area contributed by atoms with Crippen LogP contribution in [-0.4, -0.2) is 87.4 Å². The summed E-state index contributed by atoms with van der Waals surface area (Å²) in [5.41, 5.74) is 0. The number of nitrogens with zero attached hydrogens (tertiary/aromatic N) is 1. The zero-order valence-electron chi connectivity index (χ0n) is 53.1. The molecule has 0 fully saturated rings. The summed E-state index contributed by atoms with van der Waals surface area (Å²) in [6, 6.07) is 0. The predicted octanol–water partition coefficient (Wildman–Crippen LogP) is 20.8. The van der Waals surface area contributed by atoms with Crippen LogP contribution in [-0.2, 0) is 33.3 Å². The highest BCUT2D eigenvalue weighted by atomic mass is 16.7. The van der Waals surface area contributed by atoms with Gasteiger partial charge in [0.15, 0.2) is 6.10 Å². The van der Waals surface area contributed by atoms with Gasteiger partial charge in [0.1, 0.15) is 13.2 Å². The second-order valence-electron chi connectivity index (χ2n) is 24.5. The van der Waals surface area contributed by atoms with Crippen molar-refractivity contribution in [3.05, 3.63) is 36.5 Å². The molecule has 0 aromatic heterocycles. The highest BCUT2D eigenvalue weighted by Crippen LogP contribution is 2.19. The van der Waals surface area contributed by atoms with Crippen LogP contribution in [0.1, 0.15) is 335 Å². The minimum atomic E-state index is -1.52. The van der Waals surface area contributed by atoms with Gasteiger partial charge in [0.25, 0.3) is 6.29 Å². The molecule has 0 bridgehead atoms. The molecule has 0 aromatic rings. The Kier molecular flexibility index (Phi) is 59.6. The SMILES string of the molecule is CC/C=C\C/C=C\C/C=C\CCCCCC(=O)OC(COC(=O)CCCCCCCCCCCCCCCCCCCCCCCCCCCCCCCCCCCCCCCCCCC)COC(OCC[N+](C)(C)C)C(=O)O. The fourth-order valence-corrected chi connectivity index (χ4v) is 10.2. The van der Waals surface area contributed by atoms with Crippen LogP contribution in [0.25, 0.3) is 0 Å². The third-order valence-corrected chi connectivity index (χ3v) is 15.4. The van der Waals surface area contributed by atoms with Gasteiger partial charge in [-0.05, 0) is 44.9 Å². The number of ether oxygens (including phenoxy) is 4. The van der Waals surface area contributed by atoms with Crippen LogP contribution in [0.3, 0.4) is 0 Å². The maximum atomic E-state index is 12.8. The van der Waals surface area contributed by atoms with Crippen LogP contribution in [0, 0.1) is 0 Å². The molecule has 0 aliphatic heterocycles. The van der Waals surface area contributed by atoms with E-state index in [0.29, 0.717) is 23.9 Å². The molecule has 9 heteroatoms. The number of carboxylic acid groups (broad SMARTS) is 1. The van der Waals surface area contributed by atoms with Crippen molar-refractivity contribution >= 4 is 17.9 Å². The fourth-order valence-electron chi connectivity index (χ4n) is 10.2. The standard InChI is InChI=1S/C70H131NO8/c1-6-8-10-12-14-16-18-20-21-22-23-24-25-26-27-28-29-30-31-32-33-34-35-36-37-38-39-40-41-42-43-44-45-46-47-49-50-52-54-56-58-60-67(72)77-64-66(65-78-70(69(74)75)76-63-62-71(3,4)5)79-68(73)61-59-57-55-53-51-48-19-17-15-13-11-9-7-2/h9,11,15,17,48,51,66,70H,6-8,10,12-14,16,18-47,49-50,52-65H2,1-5H3/p+1/b11-9-,17-15-,51-48-. The van der Waals surface area contributed by atoms with Crippen LogP contribution in [0.2, 0.25) is 0 Å². The van der Waals surface area contributed by atoms with Crippen LogP contribution in [0.15, 0.2) is 36.5 Å². The van der Waals surface area contributed by atoms with Crippen LogP contribution in [0.5, 0.6) is 0 Å². The Labute approximate surface area is 490 Å². The zero-order chi connectivity index (χ0) is 57.6. The molecule has 0 saturated carbocycles. The van der Waals surface area contributed by atoms with Crippen molar-refractivity contribution in [1.29, 1.82) is 0 Å². The average Bonchev–Trinajstić information content (AvgIpc) is 3.42. The van der Waals surface area contributed by atoms with Gasteiger partial charge in [0, 0.05) is 12.8 Å². The molecule has 9 nitrogen and oxygen atoms in total. The number of carbonyl (C=O) groups is 3. The molecule has 464 valence electrons. The first-order valence-electron chi connectivity index (χ1n) is 34.2. The Morgan fingerprint density at radius 2 is 0.722 bits per heavy atom. The Hall–Kier alpha value is -2.49. The number of allylic oxidation sites excluding steroid dienone is 6. The van der Waals surface area contributed by atoms with E-state index in [1.807, 2.05) is 21.1 Å². The summed E-state index contributed by atoms with van der Waals surface area (Å²) in [6.45, 7) is 4.77. The molecule has 0 aliphatic carbocycles. The number of hydrogen-bond acceptors (Lipinski definition) is 7. The molecule has 2 atom stereocenters. The number of quaternary nitrogens is 1. The van der Waals surface area contributed by atoms with E-state index in [1.54, 1.807) is 0 Å². The van der Waals surface area contributed by atoms with Crippen molar-refractivity contribution in [2.75, 3.05) is 47.5 Å². The summed E-state index contributed by atoms with van der Waals surface area (Å²) in [5.74, 6) is -2.03. The van der Waals surface area contributed by atoms with Crippen LogP contribution >= 0.6 is 0 Å². The third kappa shape index (κ3) is 63.0. The van der Waals surface area contributed by atoms with Crippen LogP contribution < -0.4 is 0 Å². The molecule has 0 aliphatic rings. The van der Waals surface area contributed by atoms with Crippen molar-refractivity contribution in [1.82, 2.24) is 0 Å². The molecule has 2 unspecified atom stereocenters. The first kappa shape index (κ1) is 76.5. The van der Waals surface area contributed by atoms with Crippen molar-refractivity contribution in [2.24, 2.45) is 0 Å². The number of hydrogen-bond donors (Lipinski definition) is 1. The monoisotopic (exact) mass is 1110 g/mol. The lowest BCUT2D eigenvalue weighted by Gasteiger charge is -2.25. The Morgan fingerprint density at radius 3 is 1.08 bits per heavy atom. The van der Waals surface area contributed by atoms with Crippen molar-refractivity contribution < 1.29 is 42.9 Å². The quantitative estimate of drug-likeness (QED) is 0.0211. The van der Waals surface area contributed by atoms with E-state index in [9.17, 15) is 19.5 Å². The highest BCUT2D eigenvalue weighted by molar-refractivity contribution is 5.71. The molecular formula is C70H132NO8+. The number of rotatable bonds is 64. The van der Waals surface area contributed by atoms with Gasteiger partial charge in [-0.15, -0.1) is 0 Å². The molecule has 0 aromatic carbocycles. The summed E-state index contributed by atoms with van der Waals surface area (Å²) < 4.78 is 22.8. The van der Waals surface area contributed by atoms with Crippen molar-refractivity contribution in [3.8, 4) is 0 Å². The third-order valence-electron chi connectivity index (χ3n) is 15.4. The minimum Gasteiger partial charge on any atom is -0.477 e. The molecular weight excluding hydrogens is 983 g/mol. The molecule has 0 amide bonds. The van der Waals surface area contributed by atoms with E-state index >= 15 is 0 Å². The van der Waals surface area contributed by atoms with E-state index in [-0.39, 0.29) is 32.2 Å². The smallest absolute Gasteiger partial charge is 0.361 e.